The van der Waals surface area contributed by atoms with Crippen LogP contribution < -0.4 is 10.6 Å². The van der Waals surface area contributed by atoms with Crippen LogP contribution >= 0.6 is 0 Å². The van der Waals surface area contributed by atoms with Gasteiger partial charge in [-0.05, 0) is 48.5 Å². The average molecular weight is 455 g/mol. The molecular weight excluding hydrogens is 438 g/mol. The van der Waals surface area contributed by atoms with Crippen molar-refractivity contribution in [1.29, 1.82) is 5.26 Å². The number of aromatic nitrogens is 2. The molecule has 4 aromatic rings. The summed E-state index contributed by atoms with van der Waals surface area (Å²) in [5.41, 5.74) is 1.45. The first-order valence-corrected chi connectivity index (χ1v) is 10.0. The zero-order valence-electron chi connectivity index (χ0n) is 17.6. The SMILES string of the molecule is N#Cc1cnn(-c2ccccc2)c1NC(=O)COC(=O)c1ccc(NC(=O)c2ccco2)cc1. The maximum atomic E-state index is 12.4. The molecule has 0 unspecified atom stereocenters. The van der Waals surface area contributed by atoms with Crippen LogP contribution in [0.2, 0.25) is 0 Å². The molecule has 0 fully saturated rings. The molecule has 34 heavy (non-hydrogen) atoms. The van der Waals surface area contributed by atoms with Crippen LogP contribution in [0.25, 0.3) is 5.69 Å². The van der Waals surface area contributed by atoms with E-state index in [1.165, 1.54) is 47.5 Å². The Labute approximate surface area is 193 Å². The van der Waals surface area contributed by atoms with E-state index >= 15 is 0 Å². The second-order valence-corrected chi connectivity index (χ2v) is 6.90. The van der Waals surface area contributed by atoms with Crippen molar-refractivity contribution in [2.45, 2.75) is 0 Å². The first-order chi connectivity index (χ1) is 16.5. The van der Waals surface area contributed by atoms with Gasteiger partial charge in [-0.25, -0.2) is 9.48 Å². The molecule has 0 saturated heterocycles. The van der Waals surface area contributed by atoms with Crippen molar-refractivity contribution in [3.8, 4) is 11.8 Å². The van der Waals surface area contributed by atoms with Crippen molar-refractivity contribution in [3.63, 3.8) is 0 Å². The molecule has 2 aromatic carbocycles. The van der Waals surface area contributed by atoms with Gasteiger partial charge in [-0.3, -0.25) is 9.59 Å². The number of hydrogen-bond acceptors (Lipinski definition) is 7. The van der Waals surface area contributed by atoms with Crippen molar-refractivity contribution < 1.29 is 23.5 Å². The number of nitrogens with one attached hydrogen (secondary N) is 2. The summed E-state index contributed by atoms with van der Waals surface area (Å²) in [5, 5.41) is 18.6. The lowest BCUT2D eigenvalue weighted by atomic mass is 10.2. The van der Waals surface area contributed by atoms with E-state index in [0.29, 0.717) is 11.4 Å². The summed E-state index contributed by atoms with van der Waals surface area (Å²) in [6, 6.07) is 20.0. The lowest BCUT2D eigenvalue weighted by Crippen LogP contribution is -2.23. The molecule has 2 aromatic heterocycles. The zero-order chi connectivity index (χ0) is 23.9. The topological polar surface area (TPSA) is 139 Å². The predicted molar refractivity (Wildman–Crippen MR) is 120 cm³/mol. The molecule has 0 aliphatic heterocycles. The number of carbonyl (C=O) groups excluding carboxylic acids is 3. The lowest BCUT2D eigenvalue weighted by molar-refractivity contribution is -0.119. The van der Waals surface area contributed by atoms with E-state index in [9.17, 15) is 19.6 Å². The number of anilines is 2. The molecule has 2 amide bonds. The number of carbonyl (C=O) groups is 3. The fourth-order valence-electron chi connectivity index (χ4n) is 2.99. The summed E-state index contributed by atoms with van der Waals surface area (Å²) in [6.07, 6.45) is 2.72. The van der Waals surface area contributed by atoms with Crippen LogP contribution in [0, 0.1) is 11.3 Å². The van der Waals surface area contributed by atoms with Gasteiger partial charge in [0.05, 0.1) is 23.7 Å². The first kappa shape index (κ1) is 22.0. The summed E-state index contributed by atoms with van der Waals surface area (Å²) >= 11 is 0. The van der Waals surface area contributed by atoms with Crippen molar-refractivity contribution in [3.05, 3.63) is 96.1 Å². The number of furan rings is 1. The molecule has 0 radical (unpaired) electrons. The maximum Gasteiger partial charge on any atom is 0.338 e. The van der Waals surface area contributed by atoms with E-state index < -0.39 is 24.4 Å². The Morgan fingerprint density at radius 3 is 2.44 bits per heavy atom. The van der Waals surface area contributed by atoms with Crippen LogP contribution in [0.1, 0.15) is 26.5 Å². The van der Waals surface area contributed by atoms with Crippen molar-refractivity contribution >= 4 is 29.3 Å². The largest absolute Gasteiger partial charge is 0.459 e. The minimum atomic E-state index is -0.726. The van der Waals surface area contributed by atoms with E-state index in [4.69, 9.17) is 9.15 Å². The van der Waals surface area contributed by atoms with Crippen molar-refractivity contribution in [2.75, 3.05) is 17.2 Å². The molecule has 0 aliphatic carbocycles. The van der Waals surface area contributed by atoms with Gasteiger partial charge in [-0.2, -0.15) is 10.4 Å². The van der Waals surface area contributed by atoms with Crippen LogP contribution in [0.15, 0.2) is 83.6 Å². The third-order valence-corrected chi connectivity index (χ3v) is 4.61. The monoisotopic (exact) mass is 455 g/mol. The molecule has 0 spiro atoms. The highest BCUT2D eigenvalue weighted by molar-refractivity contribution is 6.02. The van der Waals surface area contributed by atoms with Gasteiger partial charge >= 0.3 is 5.97 Å². The van der Waals surface area contributed by atoms with Crippen molar-refractivity contribution in [2.24, 2.45) is 0 Å². The number of ether oxygens (including phenoxy) is 1. The van der Waals surface area contributed by atoms with E-state index in [2.05, 4.69) is 15.7 Å². The number of hydrogen-bond donors (Lipinski definition) is 2. The van der Waals surface area contributed by atoms with Gasteiger partial charge in [0.2, 0.25) is 0 Å². The summed E-state index contributed by atoms with van der Waals surface area (Å²) in [4.78, 5) is 36.7. The molecule has 0 atom stereocenters. The molecule has 4 rings (SSSR count). The lowest BCUT2D eigenvalue weighted by Gasteiger charge is -2.10. The van der Waals surface area contributed by atoms with Gasteiger partial charge in [0.25, 0.3) is 11.8 Å². The van der Waals surface area contributed by atoms with Gasteiger partial charge in [-0.1, -0.05) is 18.2 Å². The van der Waals surface area contributed by atoms with Crippen LogP contribution in [-0.2, 0) is 9.53 Å². The molecule has 2 N–H and O–H groups in total. The van der Waals surface area contributed by atoms with Crippen LogP contribution in [0.3, 0.4) is 0 Å². The third kappa shape index (κ3) is 5.00. The third-order valence-electron chi connectivity index (χ3n) is 4.61. The average Bonchev–Trinajstić information content (AvgIpc) is 3.54. The molecule has 0 bridgehead atoms. The molecule has 0 saturated carbocycles. The number of amides is 2. The van der Waals surface area contributed by atoms with Gasteiger partial charge in [0.15, 0.2) is 18.2 Å². The second kappa shape index (κ2) is 9.97. The number of rotatable bonds is 7. The second-order valence-electron chi connectivity index (χ2n) is 6.90. The summed E-state index contributed by atoms with van der Waals surface area (Å²) in [5.74, 6) is -1.46. The standard InChI is InChI=1S/C24H17N5O5/c25-13-17-14-26-29(19-5-2-1-3-6-19)22(17)28-21(30)15-34-24(32)16-8-10-18(11-9-16)27-23(31)20-7-4-12-33-20/h1-12,14H,15H2,(H,27,31)(H,28,30). The zero-order valence-corrected chi connectivity index (χ0v) is 17.6. The molecule has 168 valence electrons. The number of esters is 1. The highest BCUT2D eigenvalue weighted by atomic mass is 16.5. The summed E-state index contributed by atoms with van der Waals surface area (Å²) < 4.78 is 11.5. The fraction of sp³-hybridized carbons (Fsp3) is 0.0417. The number of nitrogens with zero attached hydrogens (tertiary/aromatic N) is 3. The first-order valence-electron chi connectivity index (χ1n) is 10.0. The van der Waals surface area contributed by atoms with Crippen LogP contribution in [-0.4, -0.2) is 34.2 Å². The van der Waals surface area contributed by atoms with Crippen molar-refractivity contribution in [1.82, 2.24) is 9.78 Å². The normalized spacial score (nSPS) is 10.2. The van der Waals surface area contributed by atoms with Gasteiger partial charge in [0.1, 0.15) is 11.6 Å². The Bertz CT molecular complexity index is 1350. The fourth-order valence-corrected chi connectivity index (χ4v) is 2.99. The quantitative estimate of drug-likeness (QED) is 0.407. The van der Waals surface area contributed by atoms with Gasteiger partial charge < -0.3 is 19.8 Å². The van der Waals surface area contributed by atoms with E-state index in [0.717, 1.165) is 0 Å². The van der Waals surface area contributed by atoms with Gasteiger partial charge in [-0.15, -0.1) is 0 Å². The summed E-state index contributed by atoms with van der Waals surface area (Å²) in [6.45, 7) is -0.569. The van der Waals surface area contributed by atoms with E-state index in [-0.39, 0.29) is 22.7 Å². The Kier molecular flexibility index (Phi) is 6.46. The summed E-state index contributed by atoms with van der Waals surface area (Å²) in [7, 11) is 0. The predicted octanol–water partition coefficient (Wildman–Crippen LogP) is 3.38. The Morgan fingerprint density at radius 2 is 1.76 bits per heavy atom. The molecule has 10 nitrogen and oxygen atoms in total. The Hall–Kier alpha value is -5.17. The minimum Gasteiger partial charge on any atom is -0.459 e. The van der Waals surface area contributed by atoms with Crippen LogP contribution in [0.4, 0.5) is 11.5 Å². The highest BCUT2D eigenvalue weighted by Gasteiger charge is 2.17. The molecular formula is C24H17N5O5. The molecule has 0 aliphatic rings. The maximum absolute atomic E-state index is 12.4. The van der Waals surface area contributed by atoms with Crippen LogP contribution in [0.5, 0.6) is 0 Å². The smallest absolute Gasteiger partial charge is 0.338 e. The number of benzene rings is 2. The van der Waals surface area contributed by atoms with E-state index in [1.54, 1.807) is 30.3 Å². The Morgan fingerprint density at radius 1 is 1.00 bits per heavy atom. The molecule has 10 heteroatoms. The highest BCUT2D eigenvalue weighted by Crippen LogP contribution is 2.19. The Balaban J connectivity index is 1.35. The van der Waals surface area contributed by atoms with Gasteiger partial charge in [0, 0.05) is 5.69 Å². The van der Waals surface area contributed by atoms with E-state index in [1.807, 2.05) is 12.1 Å². The minimum absolute atomic E-state index is 0.155. The number of para-hydroxylation sites is 1. The molecule has 2 heterocycles. The number of nitriles is 1.